The molecule has 25 heavy (non-hydrogen) atoms. The van der Waals surface area contributed by atoms with E-state index in [0.717, 1.165) is 41.2 Å². The first-order valence-electron chi connectivity index (χ1n) is 8.37. The van der Waals surface area contributed by atoms with Gasteiger partial charge in [-0.05, 0) is 39.2 Å². The fraction of sp³-hybridized carbons (Fsp3) is 0.529. The highest BCUT2D eigenvalue weighted by atomic mass is 32.2. The average molecular weight is 379 g/mol. The summed E-state index contributed by atoms with van der Waals surface area (Å²) in [6.07, 6.45) is 2.11. The Bertz CT molecular complexity index is 813. The Morgan fingerprint density at radius 1 is 1.20 bits per heavy atom. The van der Waals surface area contributed by atoms with Crippen molar-refractivity contribution in [2.45, 2.75) is 38.6 Å². The number of hydrogen-bond acceptors (Lipinski definition) is 6. The van der Waals surface area contributed by atoms with E-state index in [-0.39, 0.29) is 24.1 Å². The molecule has 134 valence electrons. The predicted octanol–water partition coefficient (Wildman–Crippen LogP) is 2.45. The van der Waals surface area contributed by atoms with Crippen LogP contribution in [0.4, 0.5) is 0 Å². The maximum Gasteiger partial charge on any atom is 0.241 e. The van der Waals surface area contributed by atoms with Crippen molar-refractivity contribution in [1.29, 1.82) is 0 Å². The summed E-state index contributed by atoms with van der Waals surface area (Å²) in [6.45, 7) is 7.68. The monoisotopic (exact) mass is 378 g/mol. The minimum Gasteiger partial charge on any atom is -0.346 e. The van der Waals surface area contributed by atoms with E-state index in [1.165, 1.54) is 22.2 Å². The van der Waals surface area contributed by atoms with E-state index in [4.69, 9.17) is 0 Å². The first-order chi connectivity index (χ1) is 12.0. The van der Waals surface area contributed by atoms with Gasteiger partial charge in [0.15, 0.2) is 0 Å². The normalized spacial score (nSPS) is 14.3. The number of fused-ring (bicyclic) bond motifs is 1. The van der Waals surface area contributed by atoms with Gasteiger partial charge < -0.3 is 10.2 Å². The number of amides is 2. The number of aryl methyl sites for hydroxylation is 3. The summed E-state index contributed by atoms with van der Waals surface area (Å²) in [5.74, 6) is 0.806. The minimum absolute atomic E-state index is 0.000393. The lowest BCUT2D eigenvalue weighted by Gasteiger charge is -2.15. The van der Waals surface area contributed by atoms with Gasteiger partial charge in [0, 0.05) is 23.4 Å². The Morgan fingerprint density at radius 2 is 1.92 bits per heavy atom. The highest BCUT2D eigenvalue weighted by Crippen LogP contribution is 2.34. The lowest BCUT2D eigenvalue weighted by molar-refractivity contribution is -0.131. The van der Waals surface area contributed by atoms with Crippen LogP contribution in [-0.2, 0) is 9.59 Å². The van der Waals surface area contributed by atoms with Crippen molar-refractivity contribution in [2.75, 3.05) is 25.4 Å². The zero-order valence-electron chi connectivity index (χ0n) is 14.7. The minimum atomic E-state index is -0.147. The number of likely N-dealkylation sites (tertiary alicyclic amines) is 1. The Kier molecular flexibility index (Phi) is 5.58. The summed E-state index contributed by atoms with van der Waals surface area (Å²) in [5.41, 5.74) is 1.17. The number of rotatable bonds is 5. The summed E-state index contributed by atoms with van der Waals surface area (Å²) in [5, 5.41) is 4.60. The molecule has 0 atom stereocenters. The maximum absolute atomic E-state index is 12.1. The molecule has 1 aliphatic heterocycles. The largest absolute Gasteiger partial charge is 0.346 e. The zero-order chi connectivity index (χ0) is 18.0. The number of carbonyl (C=O) groups excluding carboxylic acids is 2. The van der Waals surface area contributed by atoms with Gasteiger partial charge >= 0.3 is 0 Å². The van der Waals surface area contributed by atoms with Gasteiger partial charge in [-0.1, -0.05) is 11.8 Å². The summed E-state index contributed by atoms with van der Waals surface area (Å²) >= 11 is 3.06. The number of thioether (sulfide) groups is 1. The van der Waals surface area contributed by atoms with E-state index in [2.05, 4.69) is 29.1 Å². The highest BCUT2D eigenvalue weighted by Gasteiger charge is 2.19. The molecule has 3 heterocycles. The number of aromatic nitrogens is 2. The topological polar surface area (TPSA) is 75.2 Å². The Hall–Kier alpha value is -1.67. The summed E-state index contributed by atoms with van der Waals surface area (Å²) in [7, 11) is 0. The van der Waals surface area contributed by atoms with Crippen LogP contribution in [-0.4, -0.2) is 52.1 Å². The molecule has 0 unspecified atom stereocenters. The fourth-order valence-electron chi connectivity index (χ4n) is 2.86. The Labute approximate surface area is 155 Å². The standard InChI is InChI=1S/C17H22N4O2S2/c1-10-11(2)25-17-15(10)16(19-12(3)20-17)24-9-13(22)18-8-14(23)21-6-4-5-7-21/h4-9H2,1-3H3,(H,18,22). The van der Waals surface area contributed by atoms with Gasteiger partial charge in [0.1, 0.15) is 15.7 Å². The van der Waals surface area contributed by atoms with Crippen LogP contribution in [0.25, 0.3) is 10.2 Å². The van der Waals surface area contributed by atoms with E-state index >= 15 is 0 Å². The smallest absolute Gasteiger partial charge is 0.241 e. The van der Waals surface area contributed by atoms with Gasteiger partial charge in [0.05, 0.1) is 12.3 Å². The third kappa shape index (κ3) is 4.12. The third-order valence-corrected chi connectivity index (χ3v) is 6.42. The molecule has 1 aliphatic rings. The van der Waals surface area contributed by atoms with E-state index in [1.807, 2.05) is 11.8 Å². The van der Waals surface area contributed by atoms with Gasteiger partial charge in [-0.25, -0.2) is 9.97 Å². The summed E-state index contributed by atoms with van der Waals surface area (Å²) in [6, 6.07) is 0. The first-order valence-corrected chi connectivity index (χ1v) is 10.2. The van der Waals surface area contributed by atoms with Crippen LogP contribution in [0.5, 0.6) is 0 Å². The van der Waals surface area contributed by atoms with Crippen molar-refractivity contribution >= 4 is 45.1 Å². The van der Waals surface area contributed by atoms with Gasteiger partial charge in [0.25, 0.3) is 0 Å². The number of nitrogens with zero attached hydrogens (tertiary/aromatic N) is 3. The van der Waals surface area contributed by atoms with Crippen LogP contribution < -0.4 is 5.32 Å². The lowest BCUT2D eigenvalue weighted by Crippen LogP contribution is -2.39. The molecule has 3 rings (SSSR count). The summed E-state index contributed by atoms with van der Waals surface area (Å²) < 4.78 is 0. The molecular formula is C17H22N4O2S2. The van der Waals surface area contributed by atoms with Crippen molar-refractivity contribution < 1.29 is 9.59 Å². The molecule has 2 amide bonds. The zero-order valence-corrected chi connectivity index (χ0v) is 16.4. The second-order valence-electron chi connectivity index (χ2n) is 6.19. The van der Waals surface area contributed by atoms with Gasteiger partial charge in [0.2, 0.25) is 11.8 Å². The Morgan fingerprint density at radius 3 is 2.64 bits per heavy atom. The molecule has 8 heteroatoms. The molecule has 6 nitrogen and oxygen atoms in total. The van der Waals surface area contributed by atoms with Gasteiger partial charge in [-0.3, -0.25) is 9.59 Å². The van der Waals surface area contributed by atoms with Crippen LogP contribution in [0.15, 0.2) is 5.03 Å². The number of nitrogens with one attached hydrogen (secondary N) is 1. The van der Waals surface area contributed by atoms with E-state index < -0.39 is 0 Å². The van der Waals surface area contributed by atoms with E-state index in [9.17, 15) is 9.59 Å². The maximum atomic E-state index is 12.1. The van der Waals surface area contributed by atoms with Gasteiger partial charge in [-0.2, -0.15) is 0 Å². The molecular weight excluding hydrogens is 356 g/mol. The van der Waals surface area contributed by atoms with Crippen molar-refractivity contribution in [2.24, 2.45) is 0 Å². The molecule has 0 aromatic carbocycles. The van der Waals surface area contributed by atoms with Crippen LogP contribution in [0.1, 0.15) is 29.1 Å². The van der Waals surface area contributed by atoms with E-state index in [0.29, 0.717) is 5.82 Å². The molecule has 0 spiro atoms. The molecule has 2 aromatic heterocycles. The van der Waals surface area contributed by atoms with Crippen molar-refractivity contribution in [3.8, 4) is 0 Å². The first kappa shape index (κ1) is 18.1. The van der Waals surface area contributed by atoms with E-state index in [1.54, 1.807) is 11.3 Å². The second-order valence-corrected chi connectivity index (χ2v) is 8.36. The number of hydrogen-bond donors (Lipinski definition) is 1. The second kappa shape index (κ2) is 7.70. The molecule has 0 bridgehead atoms. The van der Waals surface area contributed by atoms with Crippen molar-refractivity contribution in [3.63, 3.8) is 0 Å². The van der Waals surface area contributed by atoms with Crippen LogP contribution in [0.3, 0.4) is 0 Å². The molecule has 0 aliphatic carbocycles. The Balaban J connectivity index is 1.60. The van der Waals surface area contributed by atoms with Crippen LogP contribution in [0.2, 0.25) is 0 Å². The lowest BCUT2D eigenvalue weighted by atomic mass is 10.2. The number of carbonyl (C=O) groups is 2. The fourth-order valence-corrected chi connectivity index (χ4v) is 4.96. The molecule has 1 fully saturated rings. The van der Waals surface area contributed by atoms with Crippen LogP contribution in [0, 0.1) is 20.8 Å². The molecule has 0 saturated carbocycles. The van der Waals surface area contributed by atoms with Gasteiger partial charge in [-0.15, -0.1) is 11.3 Å². The predicted molar refractivity (Wildman–Crippen MR) is 101 cm³/mol. The number of thiophene rings is 1. The summed E-state index contributed by atoms with van der Waals surface area (Å²) in [4.78, 5) is 37.1. The molecule has 1 N–H and O–H groups in total. The van der Waals surface area contributed by atoms with Crippen molar-refractivity contribution in [1.82, 2.24) is 20.2 Å². The molecule has 1 saturated heterocycles. The SMILES string of the molecule is Cc1nc(SCC(=O)NCC(=O)N2CCCC2)c2c(C)c(C)sc2n1. The van der Waals surface area contributed by atoms with Crippen LogP contribution >= 0.6 is 23.1 Å². The highest BCUT2D eigenvalue weighted by molar-refractivity contribution is 8.00. The molecule has 2 aromatic rings. The third-order valence-electron chi connectivity index (χ3n) is 4.34. The average Bonchev–Trinajstić information content (AvgIpc) is 3.19. The van der Waals surface area contributed by atoms with Crippen molar-refractivity contribution in [3.05, 3.63) is 16.3 Å². The molecule has 0 radical (unpaired) electrons. The quantitative estimate of drug-likeness (QED) is 0.639.